The van der Waals surface area contributed by atoms with E-state index in [0.29, 0.717) is 17.0 Å². The Hall–Kier alpha value is -3.09. The van der Waals surface area contributed by atoms with Crippen LogP contribution in [0.5, 0.6) is 0 Å². The Morgan fingerprint density at radius 2 is 2.00 bits per heavy atom. The Labute approximate surface area is 121 Å². The summed E-state index contributed by atoms with van der Waals surface area (Å²) in [6, 6.07) is 10.4. The standard InChI is InChI=1S/C14H15N5O2/c1-9(18-21)12-6-3-7-19(12)11-5-2-4-10(8-11)13(20)17-14(15)16/h2-8,21H,1H3,(H4,15,16,17,20)/b18-9+. The number of rotatable bonds is 3. The molecule has 2 aromatic rings. The first-order valence-corrected chi connectivity index (χ1v) is 6.13. The lowest BCUT2D eigenvalue weighted by Crippen LogP contribution is -2.24. The van der Waals surface area contributed by atoms with Crippen molar-refractivity contribution in [2.45, 2.75) is 6.92 Å². The Kier molecular flexibility index (Phi) is 4.03. The average Bonchev–Trinajstić information content (AvgIpc) is 2.95. The molecule has 0 spiro atoms. The van der Waals surface area contributed by atoms with Gasteiger partial charge in [-0.2, -0.15) is 4.99 Å². The number of hydrogen-bond acceptors (Lipinski definition) is 3. The first-order valence-electron chi connectivity index (χ1n) is 6.13. The largest absolute Gasteiger partial charge is 0.411 e. The molecule has 0 fully saturated rings. The van der Waals surface area contributed by atoms with E-state index in [9.17, 15) is 4.79 Å². The van der Waals surface area contributed by atoms with Crippen LogP contribution in [0, 0.1) is 0 Å². The third-order valence-corrected chi connectivity index (χ3v) is 2.87. The number of carbonyl (C=O) groups excluding carboxylic acids is 1. The van der Waals surface area contributed by atoms with Gasteiger partial charge in [0.05, 0.1) is 5.69 Å². The van der Waals surface area contributed by atoms with Gasteiger partial charge in [0.2, 0.25) is 0 Å². The van der Waals surface area contributed by atoms with Crippen molar-refractivity contribution in [3.8, 4) is 5.69 Å². The van der Waals surface area contributed by atoms with Crippen LogP contribution in [-0.2, 0) is 0 Å². The first-order chi connectivity index (χ1) is 10.0. The van der Waals surface area contributed by atoms with E-state index in [1.807, 2.05) is 12.1 Å². The molecule has 21 heavy (non-hydrogen) atoms. The van der Waals surface area contributed by atoms with Crippen LogP contribution in [0.25, 0.3) is 5.69 Å². The summed E-state index contributed by atoms with van der Waals surface area (Å²) in [6.07, 6.45) is 1.80. The topological polar surface area (TPSA) is 119 Å². The van der Waals surface area contributed by atoms with E-state index in [0.717, 1.165) is 5.69 Å². The maximum atomic E-state index is 11.8. The second-order valence-corrected chi connectivity index (χ2v) is 4.34. The molecule has 0 aliphatic carbocycles. The Morgan fingerprint density at radius 3 is 2.67 bits per heavy atom. The van der Waals surface area contributed by atoms with Crippen molar-refractivity contribution in [1.82, 2.24) is 4.57 Å². The van der Waals surface area contributed by atoms with Crippen LogP contribution in [-0.4, -0.2) is 27.4 Å². The molecule has 0 saturated heterocycles. The van der Waals surface area contributed by atoms with Crippen molar-refractivity contribution >= 4 is 17.6 Å². The van der Waals surface area contributed by atoms with E-state index in [1.165, 1.54) is 0 Å². The average molecular weight is 285 g/mol. The number of aliphatic imine (C=N–C) groups is 1. The van der Waals surface area contributed by atoms with Crippen LogP contribution in [0.1, 0.15) is 23.0 Å². The Balaban J connectivity index is 2.46. The highest BCUT2D eigenvalue weighted by molar-refractivity contribution is 6.02. The highest BCUT2D eigenvalue weighted by Gasteiger charge is 2.10. The number of hydrogen-bond donors (Lipinski definition) is 3. The van der Waals surface area contributed by atoms with Crippen molar-refractivity contribution in [3.05, 3.63) is 53.9 Å². The van der Waals surface area contributed by atoms with Gasteiger partial charge in [-0.05, 0) is 37.3 Å². The molecule has 5 N–H and O–H groups in total. The summed E-state index contributed by atoms with van der Waals surface area (Å²) in [6.45, 7) is 1.68. The summed E-state index contributed by atoms with van der Waals surface area (Å²) < 4.78 is 1.79. The third-order valence-electron chi connectivity index (χ3n) is 2.87. The van der Waals surface area contributed by atoms with Gasteiger partial charge in [-0.3, -0.25) is 4.79 Å². The lowest BCUT2D eigenvalue weighted by Gasteiger charge is -2.09. The maximum absolute atomic E-state index is 11.8. The number of nitrogens with two attached hydrogens (primary N) is 2. The molecule has 1 heterocycles. The molecule has 1 amide bonds. The van der Waals surface area contributed by atoms with E-state index in [4.69, 9.17) is 16.7 Å². The summed E-state index contributed by atoms with van der Waals surface area (Å²) in [7, 11) is 0. The molecule has 0 aliphatic rings. The Morgan fingerprint density at radius 1 is 1.24 bits per heavy atom. The van der Waals surface area contributed by atoms with Gasteiger partial charge in [-0.1, -0.05) is 11.2 Å². The van der Waals surface area contributed by atoms with E-state index < -0.39 is 5.91 Å². The first kappa shape index (κ1) is 14.3. The maximum Gasteiger partial charge on any atom is 0.280 e. The van der Waals surface area contributed by atoms with Crippen molar-refractivity contribution in [1.29, 1.82) is 0 Å². The minimum atomic E-state index is -0.516. The highest BCUT2D eigenvalue weighted by Crippen LogP contribution is 2.16. The van der Waals surface area contributed by atoms with E-state index >= 15 is 0 Å². The van der Waals surface area contributed by atoms with Crippen LogP contribution in [0.4, 0.5) is 0 Å². The zero-order valence-corrected chi connectivity index (χ0v) is 11.4. The number of amides is 1. The summed E-state index contributed by atoms with van der Waals surface area (Å²) >= 11 is 0. The minimum Gasteiger partial charge on any atom is -0.411 e. The summed E-state index contributed by atoms with van der Waals surface area (Å²) in [5, 5.41) is 12.1. The van der Waals surface area contributed by atoms with Crippen molar-refractivity contribution < 1.29 is 10.0 Å². The van der Waals surface area contributed by atoms with Gasteiger partial charge in [-0.15, -0.1) is 0 Å². The summed E-state index contributed by atoms with van der Waals surface area (Å²) in [4.78, 5) is 15.3. The lowest BCUT2D eigenvalue weighted by atomic mass is 10.2. The van der Waals surface area contributed by atoms with Crippen molar-refractivity contribution in [3.63, 3.8) is 0 Å². The predicted octanol–water partition coefficient (Wildman–Crippen LogP) is 1.09. The Bertz CT molecular complexity index is 726. The number of carbonyl (C=O) groups is 1. The van der Waals surface area contributed by atoms with Gasteiger partial charge >= 0.3 is 0 Å². The number of nitrogens with zero attached hydrogens (tertiary/aromatic N) is 3. The molecule has 2 rings (SSSR count). The molecule has 0 unspecified atom stereocenters. The quantitative estimate of drug-likeness (QED) is 0.338. The molecule has 0 radical (unpaired) electrons. The van der Waals surface area contributed by atoms with Gasteiger partial charge in [0.25, 0.3) is 5.91 Å². The highest BCUT2D eigenvalue weighted by atomic mass is 16.4. The summed E-state index contributed by atoms with van der Waals surface area (Å²) in [5.41, 5.74) is 12.7. The number of benzene rings is 1. The van der Waals surface area contributed by atoms with Crippen LogP contribution in [0.15, 0.2) is 52.7 Å². The smallest absolute Gasteiger partial charge is 0.280 e. The molecule has 1 aromatic heterocycles. The number of oxime groups is 1. The molecule has 7 nitrogen and oxygen atoms in total. The van der Waals surface area contributed by atoms with Crippen LogP contribution in [0.2, 0.25) is 0 Å². The van der Waals surface area contributed by atoms with Gasteiger partial charge in [-0.25, -0.2) is 0 Å². The molecule has 0 saturated carbocycles. The predicted molar refractivity (Wildman–Crippen MR) is 79.9 cm³/mol. The van der Waals surface area contributed by atoms with Crippen LogP contribution < -0.4 is 11.5 Å². The molecule has 1 aromatic carbocycles. The fourth-order valence-electron chi connectivity index (χ4n) is 1.92. The van der Waals surface area contributed by atoms with E-state index in [-0.39, 0.29) is 5.96 Å². The minimum absolute atomic E-state index is 0.282. The molecule has 0 atom stereocenters. The zero-order chi connectivity index (χ0) is 15.4. The molecular formula is C14H15N5O2. The second kappa shape index (κ2) is 5.91. The van der Waals surface area contributed by atoms with E-state index in [1.54, 1.807) is 42.0 Å². The number of aromatic nitrogens is 1. The summed E-state index contributed by atoms with van der Waals surface area (Å²) in [5.74, 6) is -0.798. The number of guanidine groups is 1. The lowest BCUT2D eigenvalue weighted by molar-refractivity contribution is 0.100. The second-order valence-electron chi connectivity index (χ2n) is 4.34. The zero-order valence-electron chi connectivity index (χ0n) is 11.4. The normalized spacial score (nSPS) is 11.2. The molecular weight excluding hydrogens is 270 g/mol. The SMILES string of the molecule is C/C(=N\O)c1cccn1-c1cccc(C(=O)N=C(N)N)c1. The van der Waals surface area contributed by atoms with Crippen LogP contribution >= 0.6 is 0 Å². The van der Waals surface area contributed by atoms with Crippen LogP contribution in [0.3, 0.4) is 0 Å². The monoisotopic (exact) mass is 285 g/mol. The molecule has 0 aliphatic heterocycles. The molecule has 108 valence electrons. The third kappa shape index (κ3) is 3.08. The van der Waals surface area contributed by atoms with Gasteiger partial charge in [0.15, 0.2) is 5.96 Å². The molecule has 0 bridgehead atoms. The van der Waals surface area contributed by atoms with Gasteiger partial charge < -0.3 is 21.2 Å². The van der Waals surface area contributed by atoms with Gasteiger partial charge in [0, 0.05) is 17.4 Å². The fourth-order valence-corrected chi connectivity index (χ4v) is 1.92. The van der Waals surface area contributed by atoms with E-state index in [2.05, 4.69) is 10.1 Å². The molecule has 7 heteroatoms. The van der Waals surface area contributed by atoms with Crippen molar-refractivity contribution in [2.24, 2.45) is 21.6 Å². The van der Waals surface area contributed by atoms with Gasteiger partial charge in [0.1, 0.15) is 5.71 Å². The fraction of sp³-hybridized carbons (Fsp3) is 0.0714. The van der Waals surface area contributed by atoms with Crippen molar-refractivity contribution in [2.75, 3.05) is 0 Å².